The molecular formula is C10H6OS2. The van der Waals surface area contributed by atoms with Gasteiger partial charge in [-0.2, -0.15) is 0 Å². The first-order valence-corrected chi connectivity index (χ1v) is 5.68. The van der Waals surface area contributed by atoms with Crippen LogP contribution < -0.4 is 0 Å². The number of hydrogen-bond donors (Lipinski definition) is 1. The Labute approximate surface area is 82.9 Å². The lowest BCUT2D eigenvalue weighted by Crippen LogP contribution is -1.67. The Balaban J connectivity index is 2.70. The minimum Gasteiger partial charge on any atom is -0.507 e. The number of fused-ring (bicyclic) bond motifs is 3. The lowest BCUT2D eigenvalue weighted by atomic mass is 10.2. The molecule has 3 aromatic rings. The highest BCUT2D eigenvalue weighted by Gasteiger charge is 2.06. The lowest BCUT2D eigenvalue weighted by Gasteiger charge is -1.95. The van der Waals surface area contributed by atoms with Gasteiger partial charge in [-0.3, -0.25) is 0 Å². The van der Waals surface area contributed by atoms with Crippen molar-refractivity contribution in [3.8, 4) is 5.75 Å². The molecule has 0 aliphatic carbocycles. The predicted molar refractivity (Wildman–Crippen MR) is 58.9 cm³/mol. The largest absolute Gasteiger partial charge is 0.507 e. The molecular weight excluding hydrogens is 200 g/mol. The SMILES string of the molecule is Oc1cc2ccsc2c2sccc12. The highest BCUT2D eigenvalue weighted by atomic mass is 32.1. The van der Waals surface area contributed by atoms with E-state index in [4.69, 9.17) is 0 Å². The maximum Gasteiger partial charge on any atom is 0.124 e. The Morgan fingerprint density at radius 1 is 1.00 bits per heavy atom. The van der Waals surface area contributed by atoms with Crippen LogP contribution in [-0.4, -0.2) is 5.11 Å². The van der Waals surface area contributed by atoms with Crippen molar-refractivity contribution in [2.24, 2.45) is 0 Å². The number of phenols is 1. The number of rotatable bonds is 0. The van der Waals surface area contributed by atoms with Crippen molar-refractivity contribution in [1.29, 1.82) is 0 Å². The third kappa shape index (κ3) is 0.913. The summed E-state index contributed by atoms with van der Waals surface area (Å²) in [5.41, 5.74) is 0. The molecule has 0 radical (unpaired) electrons. The molecule has 0 unspecified atom stereocenters. The molecule has 1 aromatic carbocycles. The van der Waals surface area contributed by atoms with Gasteiger partial charge in [-0.05, 0) is 34.3 Å². The van der Waals surface area contributed by atoms with E-state index >= 15 is 0 Å². The van der Waals surface area contributed by atoms with Gasteiger partial charge < -0.3 is 5.11 Å². The molecule has 0 aliphatic rings. The average Bonchev–Trinajstić information content (AvgIpc) is 2.66. The van der Waals surface area contributed by atoms with Crippen molar-refractivity contribution in [1.82, 2.24) is 0 Å². The zero-order valence-corrected chi connectivity index (χ0v) is 8.28. The van der Waals surface area contributed by atoms with Crippen LogP contribution in [0.25, 0.3) is 20.2 Å². The van der Waals surface area contributed by atoms with Gasteiger partial charge in [0.05, 0.1) is 9.40 Å². The summed E-state index contributed by atoms with van der Waals surface area (Å²) in [6.45, 7) is 0. The number of benzene rings is 1. The van der Waals surface area contributed by atoms with E-state index in [-0.39, 0.29) is 0 Å². The molecule has 0 atom stereocenters. The molecule has 2 heterocycles. The second-order valence-corrected chi connectivity index (χ2v) is 4.73. The van der Waals surface area contributed by atoms with Crippen LogP contribution in [0.5, 0.6) is 5.75 Å². The smallest absolute Gasteiger partial charge is 0.124 e. The molecule has 1 nitrogen and oxygen atoms in total. The molecule has 0 bridgehead atoms. The van der Waals surface area contributed by atoms with E-state index < -0.39 is 0 Å². The van der Waals surface area contributed by atoms with Crippen molar-refractivity contribution in [2.75, 3.05) is 0 Å². The van der Waals surface area contributed by atoms with Gasteiger partial charge in [0.15, 0.2) is 0 Å². The van der Waals surface area contributed by atoms with Crippen LogP contribution in [0.2, 0.25) is 0 Å². The first-order chi connectivity index (χ1) is 6.36. The first-order valence-electron chi connectivity index (χ1n) is 3.92. The summed E-state index contributed by atoms with van der Waals surface area (Å²) in [5, 5.41) is 15.9. The number of hydrogen-bond acceptors (Lipinski definition) is 3. The highest BCUT2D eigenvalue weighted by Crippen LogP contribution is 2.38. The summed E-state index contributed by atoms with van der Waals surface area (Å²) < 4.78 is 2.48. The summed E-state index contributed by atoms with van der Waals surface area (Å²) in [7, 11) is 0. The van der Waals surface area contributed by atoms with Crippen molar-refractivity contribution < 1.29 is 5.11 Å². The summed E-state index contributed by atoms with van der Waals surface area (Å²) in [6.07, 6.45) is 0. The van der Waals surface area contributed by atoms with Gasteiger partial charge in [0, 0.05) is 5.39 Å². The van der Waals surface area contributed by atoms with E-state index in [2.05, 4.69) is 5.38 Å². The molecule has 0 amide bonds. The lowest BCUT2D eigenvalue weighted by molar-refractivity contribution is 0.482. The Kier molecular flexibility index (Phi) is 1.39. The Morgan fingerprint density at radius 2 is 1.77 bits per heavy atom. The third-order valence-electron chi connectivity index (χ3n) is 2.14. The van der Waals surface area contributed by atoms with Gasteiger partial charge in [0.25, 0.3) is 0 Å². The number of thiophene rings is 2. The van der Waals surface area contributed by atoms with E-state index in [0.29, 0.717) is 5.75 Å². The van der Waals surface area contributed by atoms with Crippen LogP contribution in [0, 0.1) is 0 Å². The van der Waals surface area contributed by atoms with E-state index in [9.17, 15) is 5.11 Å². The molecule has 0 saturated heterocycles. The number of phenolic OH excluding ortho intramolecular Hbond substituents is 1. The molecule has 0 saturated carbocycles. The standard InChI is InChI=1S/C10H6OS2/c11-8-5-6-1-3-12-9(6)10-7(8)2-4-13-10/h1-5,11H. The summed E-state index contributed by atoms with van der Waals surface area (Å²) in [6, 6.07) is 5.84. The maximum atomic E-state index is 9.69. The predicted octanol–water partition coefficient (Wildman–Crippen LogP) is 3.82. The molecule has 3 rings (SSSR count). The Hall–Kier alpha value is -1.06. The highest BCUT2D eigenvalue weighted by molar-refractivity contribution is 7.25. The fourth-order valence-corrected chi connectivity index (χ4v) is 3.51. The minimum atomic E-state index is 0.391. The van der Waals surface area contributed by atoms with Crippen LogP contribution in [0.1, 0.15) is 0 Å². The van der Waals surface area contributed by atoms with E-state index in [1.165, 1.54) is 9.40 Å². The summed E-state index contributed by atoms with van der Waals surface area (Å²) in [4.78, 5) is 0. The van der Waals surface area contributed by atoms with Crippen molar-refractivity contribution in [2.45, 2.75) is 0 Å². The summed E-state index contributed by atoms with van der Waals surface area (Å²) >= 11 is 3.42. The van der Waals surface area contributed by atoms with Crippen molar-refractivity contribution >= 4 is 42.8 Å². The molecule has 13 heavy (non-hydrogen) atoms. The second kappa shape index (κ2) is 2.47. The van der Waals surface area contributed by atoms with Gasteiger partial charge in [-0.25, -0.2) is 0 Å². The molecule has 64 valence electrons. The monoisotopic (exact) mass is 206 g/mol. The van der Waals surface area contributed by atoms with Gasteiger partial charge in [0.1, 0.15) is 5.75 Å². The molecule has 0 fully saturated rings. The zero-order chi connectivity index (χ0) is 8.84. The van der Waals surface area contributed by atoms with Crippen LogP contribution in [0.3, 0.4) is 0 Å². The molecule has 0 aliphatic heterocycles. The van der Waals surface area contributed by atoms with Crippen LogP contribution in [-0.2, 0) is 0 Å². The topological polar surface area (TPSA) is 20.2 Å². The van der Waals surface area contributed by atoms with Gasteiger partial charge in [0.2, 0.25) is 0 Å². The quantitative estimate of drug-likeness (QED) is 0.592. The summed E-state index contributed by atoms with van der Waals surface area (Å²) in [5.74, 6) is 0.391. The van der Waals surface area contributed by atoms with Crippen LogP contribution >= 0.6 is 22.7 Å². The molecule has 1 N–H and O–H groups in total. The maximum absolute atomic E-state index is 9.69. The van der Waals surface area contributed by atoms with Gasteiger partial charge >= 0.3 is 0 Å². The Bertz CT molecular complexity index is 577. The van der Waals surface area contributed by atoms with Crippen LogP contribution in [0.4, 0.5) is 0 Å². The van der Waals surface area contributed by atoms with Crippen LogP contribution in [0.15, 0.2) is 29.0 Å². The normalized spacial score (nSPS) is 11.4. The van der Waals surface area contributed by atoms with Crippen molar-refractivity contribution in [3.63, 3.8) is 0 Å². The first kappa shape index (κ1) is 7.35. The van der Waals surface area contributed by atoms with E-state index in [0.717, 1.165) is 10.8 Å². The fourth-order valence-electron chi connectivity index (χ4n) is 1.53. The van der Waals surface area contributed by atoms with Crippen molar-refractivity contribution in [3.05, 3.63) is 29.0 Å². The minimum absolute atomic E-state index is 0.391. The molecule has 3 heteroatoms. The fraction of sp³-hybridized carbons (Fsp3) is 0. The molecule has 0 spiro atoms. The van der Waals surface area contributed by atoms with Gasteiger partial charge in [-0.15, -0.1) is 22.7 Å². The molecule has 2 aromatic heterocycles. The van der Waals surface area contributed by atoms with Gasteiger partial charge in [-0.1, -0.05) is 0 Å². The Morgan fingerprint density at radius 3 is 2.69 bits per heavy atom. The van der Waals surface area contributed by atoms with E-state index in [1.54, 1.807) is 22.7 Å². The number of aromatic hydroxyl groups is 1. The average molecular weight is 206 g/mol. The zero-order valence-electron chi connectivity index (χ0n) is 6.65. The second-order valence-electron chi connectivity index (χ2n) is 2.90. The van der Waals surface area contributed by atoms with E-state index in [1.807, 2.05) is 23.6 Å². The third-order valence-corrected chi connectivity index (χ3v) is 4.14.